The van der Waals surface area contributed by atoms with Crippen molar-refractivity contribution < 1.29 is 4.52 Å². The summed E-state index contributed by atoms with van der Waals surface area (Å²) in [6.45, 7) is 2.56. The molecular formula is C9H12N4O. The minimum Gasteiger partial charge on any atom is -0.362 e. The summed E-state index contributed by atoms with van der Waals surface area (Å²) < 4.78 is 6.75. The average Bonchev–Trinajstić information content (AvgIpc) is 2.72. The molecule has 0 saturated heterocycles. The maximum absolute atomic E-state index is 4.93. The van der Waals surface area contributed by atoms with Crippen LogP contribution < -0.4 is 5.32 Å². The Kier molecular flexibility index (Phi) is 2.22. The summed E-state index contributed by atoms with van der Waals surface area (Å²) in [6, 6.07) is 3.82. The van der Waals surface area contributed by atoms with Gasteiger partial charge in [-0.1, -0.05) is 5.16 Å². The van der Waals surface area contributed by atoms with Crippen molar-refractivity contribution in [1.29, 1.82) is 0 Å². The maximum atomic E-state index is 4.93. The normalized spacial score (nSPS) is 10.4. The molecule has 0 atom stereocenters. The Labute approximate surface area is 81.7 Å². The van der Waals surface area contributed by atoms with Crippen molar-refractivity contribution in [3.8, 4) is 0 Å². The lowest BCUT2D eigenvalue weighted by Gasteiger charge is -2.01. The van der Waals surface area contributed by atoms with Crippen LogP contribution in [0.3, 0.4) is 0 Å². The minimum absolute atomic E-state index is 0.697. The van der Waals surface area contributed by atoms with Crippen molar-refractivity contribution in [2.45, 2.75) is 13.5 Å². The lowest BCUT2D eigenvalue weighted by atomic mass is 10.4. The zero-order chi connectivity index (χ0) is 9.97. The van der Waals surface area contributed by atoms with E-state index in [1.54, 1.807) is 6.20 Å². The van der Waals surface area contributed by atoms with Gasteiger partial charge in [0.15, 0.2) is 5.82 Å². The number of nitrogens with zero attached hydrogens (tertiary/aromatic N) is 3. The molecule has 0 aliphatic carbocycles. The van der Waals surface area contributed by atoms with Crippen molar-refractivity contribution in [2.24, 2.45) is 7.05 Å². The summed E-state index contributed by atoms with van der Waals surface area (Å²) in [7, 11) is 1.91. The van der Waals surface area contributed by atoms with Gasteiger partial charge in [0.1, 0.15) is 5.76 Å². The number of hydrogen-bond acceptors (Lipinski definition) is 4. The first-order valence-corrected chi connectivity index (χ1v) is 4.40. The second-order valence-corrected chi connectivity index (χ2v) is 3.12. The van der Waals surface area contributed by atoms with Crippen molar-refractivity contribution in [3.63, 3.8) is 0 Å². The van der Waals surface area contributed by atoms with E-state index in [-0.39, 0.29) is 0 Å². The fourth-order valence-electron chi connectivity index (χ4n) is 1.21. The first kappa shape index (κ1) is 8.80. The van der Waals surface area contributed by atoms with Crippen molar-refractivity contribution in [2.75, 3.05) is 5.32 Å². The van der Waals surface area contributed by atoms with E-state index in [0.717, 1.165) is 17.3 Å². The van der Waals surface area contributed by atoms with Crippen LogP contribution >= 0.6 is 0 Å². The maximum Gasteiger partial charge on any atom is 0.169 e. The Morgan fingerprint density at radius 3 is 3.00 bits per heavy atom. The second kappa shape index (κ2) is 3.53. The number of aromatic nitrogens is 3. The molecule has 0 bridgehead atoms. The van der Waals surface area contributed by atoms with Crippen LogP contribution in [-0.2, 0) is 13.6 Å². The van der Waals surface area contributed by atoms with Crippen LogP contribution in [0.5, 0.6) is 0 Å². The summed E-state index contributed by atoms with van der Waals surface area (Å²) in [5, 5.41) is 11.0. The summed E-state index contributed by atoms with van der Waals surface area (Å²) >= 11 is 0. The number of nitrogens with one attached hydrogen (secondary N) is 1. The Morgan fingerprint density at radius 2 is 2.43 bits per heavy atom. The van der Waals surface area contributed by atoms with E-state index < -0.39 is 0 Å². The number of aryl methyl sites for hydroxylation is 2. The zero-order valence-corrected chi connectivity index (χ0v) is 8.19. The van der Waals surface area contributed by atoms with Crippen LogP contribution in [0.2, 0.25) is 0 Å². The van der Waals surface area contributed by atoms with E-state index in [1.165, 1.54) is 0 Å². The molecule has 0 unspecified atom stereocenters. The molecule has 0 aliphatic rings. The van der Waals surface area contributed by atoms with Gasteiger partial charge in [-0.05, 0) is 13.0 Å². The van der Waals surface area contributed by atoms with Gasteiger partial charge in [0.05, 0.1) is 12.2 Å². The first-order chi connectivity index (χ1) is 6.75. The standard InChI is InChI=1S/C9H12N4O/c1-7-5-9(12-14-7)10-6-8-3-4-11-13(8)2/h3-5H,6H2,1-2H3,(H,10,12). The SMILES string of the molecule is Cc1cc(NCc2ccnn2C)no1. The van der Waals surface area contributed by atoms with Crippen molar-refractivity contribution in [3.05, 3.63) is 29.8 Å². The van der Waals surface area contributed by atoms with Gasteiger partial charge in [0.25, 0.3) is 0 Å². The summed E-state index contributed by atoms with van der Waals surface area (Å²) in [4.78, 5) is 0. The topological polar surface area (TPSA) is 55.9 Å². The highest BCUT2D eigenvalue weighted by Crippen LogP contribution is 2.08. The lowest BCUT2D eigenvalue weighted by Crippen LogP contribution is -2.05. The molecule has 0 spiro atoms. The second-order valence-electron chi connectivity index (χ2n) is 3.12. The fourth-order valence-corrected chi connectivity index (χ4v) is 1.21. The van der Waals surface area contributed by atoms with E-state index >= 15 is 0 Å². The predicted molar refractivity (Wildman–Crippen MR) is 51.8 cm³/mol. The summed E-state index contributed by atoms with van der Waals surface area (Å²) in [5.74, 6) is 1.56. The molecule has 2 rings (SSSR count). The molecule has 0 radical (unpaired) electrons. The molecular weight excluding hydrogens is 180 g/mol. The van der Waals surface area contributed by atoms with Crippen LogP contribution in [0.25, 0.3) is 0 Å². The highest BCUT2D eigenvalue weighted by Gasteiger charge is 2.01. The molecule has 1 N–H and O–H groups in total. The van der Waals surface area contributed by atoms with Gasteiger partial charge >= 0.3 is 0 Å². The number of anilines is 1. The minimum atomic E-state index is 0.697. The number of rotatable bonds is 3. The van der Waals surface area contributed by atoms with Gasteiger partial charge in [-0.3, -0.25) is 4.68 Å². The molecule has 14 heavy (non-hydrogen) atoms. The molecule has 0 amide bonds. The summed E-state index contributed by atoms with van der Waals surface area (Å²) in [6.07, 6.45) is 1.77. The predicted octanol–water partition coefficient (Wildman–Crippen LogP) is 1.33. The molecule has 2 aromatic rings. The quantitative estimate of drug-likeness (QED) is 0.797. The van der Waals surface area contributed by atoms with Gasteiger partial charge in [0, 0.05) is 19.3 Å². The molecule has 2 heterocycles. The van der Waals surface area contributed by atoms with Crippen LogP contribution in [0, 0.1) is 6.92 Å². The molecule has 0 aliphatic heterocycles. The highest BCUT2D eigenvalue weighted by atomic mass is 16.5. The largest absolute Gasteiger partial charge is 0.362 e. The number of hydrogen-bond donors (Lipinski definition) is 1. The van der Waals surface area contributed by atoms with Gasteiger partial charge in [0.2, 0.25) is 0 Å². The summed E-state index contributed by atoms with van der Waals surface area (Å²) in [5.41, 5.74) is 1.10. The van der Waals surface area contributed by atoms with Gasteiger partial charge in [-0.15, -0.1) is 0 Å². The Hall–Kier alpha value is -1.78. The van der Waals surface area contributed by atoms with E-state index in [9.17, 15) is 0 Å². The van der Waals surface area contributed by atoms with Gasteiger partial charge in [-0.2, -0.15) is 5.10 Å². The molecule has 0 saturated carbocycles. The Bertz CT molecular complexity index is 418. The lowest BCUT2D eigenvalue weighted by molar-refractivity contribution is 0.399. The fraction of sp³-hybridized carbons (Fsp3) is 0.333. The monoisotopic (exact) mass is 192 g/mol. The molecule has 2 aromatic heterocycles. The molecule has 74 valence electrons. The van der Waals surface area contributed by atoms with Crippen LogP contribution in [0.15, 0.2) is 22.9 Å². The van der Waals surface area contributed by atoms with Crippen molar-refractivity contribution in [1.82, 2.24) is 14.9 Å². The van der Waals surface area contributed by atoms with Crippen LogP contribution in [0.4, 0.5) is 5.82 Å². The third kappa shape index (κ3) is 1.76. The van der Waals surface area contributed by atoms with E-state index in [0.29, 0.717) is 6.54 Å². The van der Waals surface area contributed by atoms with E-state index in [4.69, 9.17) is 4.52 Å². The van der Waals surface area contributed by atoms with E-state index in [1.807, 2.05) is 30.8 Å². The van der Waals surface area contributed by atoms with E-state index in [2.05, 4.69) is 15.6 Å². The highest BCUT2D eigenvalue weighted by molar-refractivity contribution is 5.33. The smallest absolute Gasteiger partial charge is 0.169 e. The Balaban J connectivity index is 1.98. The Morgan fingerprint density at radius 1 is 1.57 bits per heavy atom. The first-order valence-electron chi connectivity index (χ1n) is 4.40. The van der Waals surface area contributed by atoms with Crippen molar-refractivity contribution >= 4 is 5.82 Å². The van der Waals surface area contributed by atoms with Gasteiger partial charge < -0.3 is 9.84 Å². The van der Waals surface area contributed by atoms with Crippen LogP contribution in [-0.4, -0.2) is 14.9 Å². The third-order valence-corrected chi connectivity index (χ3v) is 2.00. The van der Waals surface area contributed by atoms with Crippen LogP contribution in [0.1, 0.15) is 11.5 Å². The average molecular weight is 192 g/mol. The molecule has 5 heteroatoms. The molecule has 5 nitrogen and oxygen atoms in total. The molecule has 0 fully saturated rings. The molecule has 0 aromatic carbocycles. The third-order valence-electron chi connectivity index (χ3n) is 2.00. The van der Waals surface area contributed by atoms with Gasteiger partial charge in [-0.25, -0.2) is 0 Å². The zero-order valence-electron chi connectivity index (χ0n) is 8.19.